The summed E-state index contributed by atoms with van der Waals surface area (Å²) in [5.74, 6) is 0.0164. The largest absolute Gasteiger partial charge is 0.491 e. The topological polar surface area (TPSA) is 30.5 Å². The lowest BCUT2D eigenvalue weighted by Crippen LogP contribution is -2.28. The lowest BCUT2D eigenvalue weighted by Gasteiger charge is -2.18. The van der Waals surface area contributed by atoms with Gasteiger partial charge in [-0.05, 0) is 44.4 Å². The van der Waals surface area contributed by atoms with Gasteiger partial charge in [0.25, 0.3) is 0 Å². The Balaban J connectivity index is 1.90. The molecule has 0 amide bonds. The van der Waals surface area contributed by atoms with Crippen molar-refractivity contribution in [2.75, 3.05) is 19.8 Å². The molecule has 0 spiro atoms. The number of halogens is 1. The van der Waals surface area contributed by atoms with Crippen LogP contribution in [0.4, 0.5) is 4.39 Å². The van der Waals surface area contributed by atoms with Crippen molar-refractivity contribution in [3.05, 3.63) is 29.6 Å². The molecule has 2 rings (SSSR count). The second-order valence-electron chi connectivity index (χ2n) is 4.89. The quantitative estimate of drug-likeness (QED) is 0.859. The number of hydrogen-bond acceptors (Lipinski definition) is 3. The van der Waals surface area contributed by atoms with Gasteiger partial charge in [0.1, 0.15) is 0 Å². The van der Waals surface area contributed by atoms with Gasteiger partial charge in [0, 0.05) is 19.2 Å². The summed E-state index contributed by atoms with van der Waals surface area (Å²) < 4.78 is 24.5. The van der Waals surface area contributed by atoms with E-state index in [0.29, 0.717) is 18.5 Å². The van der Waals surface area contributed by atoms with E-state index in [1.807, 2.05) is 19.9 Å². The Morgan fingerprint density at radius 1 is 1.53 bits per heavy atom. The molecule has 1 N–H and O–H groups in total. The molecule has 0 aliphatic carbocycles. The van der Waals surface area contributed by atoms with Crippen LogP contribution in [-0.2, 0) is 4.74 Å². The third-order valence-corrected chi connectivity index (χ3v) is 3.43. The monoisotopic (exact) mass is 267 g/mol. The zero-order valence-corrected chi connectivity index (χ0v) is 11.6. The van der Waals surface area contributed by atoms with E-state index >= 15 is 0 Å². The normalized spacial score (nSPS) is 20.5. The molecule has 1 aromatic carbocycles. The molecule has 1 fully saturated rings. The molecule has 1 aliphatic heterocycles. The van der Waals surface area contributed by atoms with Gasteiger partial charge in [-0.2, -0.15) is 0 Å². The highest BCUT2D eigenvalue weighted by atomic mass is 19.1. The van der Waals surface area contributed by atoms with Crippen molar-refractivity contribution in [3.63, 3.8) is 0 Å². The Morgan fingerprint density at radius 2 is 2.37 bits per heavy atom. The average molecular weight is 267 g/mol. The molecule has 106 valence electrons. The lowest BCUT2D eigenvalue weighted by molar-refractivity contribution is 0.108. The van der Waals surface area contributed by atoms with Crippen LogP contribution in [0.2, 0.25) is 0 Å². The summed E-state index contributed by atoms with van der Waals surface area (Å²) in [7, 11) is 0. The number of ether oxygens (including phenoxy) is 2. The molecule has 0 aromatic heterocycles. The summed E-state index contributed by atoms with van der Waals surface area (Å²) in [6.45, 7) is 6.03. The maximum Gasteiger partial charge on any atom is 0.165 e. The molecular weight excluding hydrogens is 245 g/mol. The van der Waals surface area contributed by atoms with Gasteiger partial charge in [-0.3, -0.25) is 0 Å². The zero-order valence-electron chi connectivity index (χ0n) is 11.6. The van der Waals surface area contributed by atoms with Crippen molar-refractivity contribution < 1.29 is 13.9 Å². The predicted octanol–water partition coefficient (Wildman–Crippen LogP) is 3.05. The third-order valence-electron chi connectivity index (χ3n) is 3.43. The van der Waals surface area contributed by atoms with Gasteiger partial charge in [-0.1, -0.05) is 6.07 Å². The van der Waals surface area contributed by atoms with Crippen LogP contribution in [0.5, 0.6) is 5.75 Å². The summed E-state index contributed by atoms with van der Waals surface area (Å²) >= 11 is 0. The van der Waals surface area contributed by atoms with Gasteiger partial charge >= 0.3 is 0 Å². The SMILES string of the molecule is CCOc1ccc([C@H](C)NC[C@@H]2CCCO2)cc1F. The molecule has 1 heterocycles. The van der Waals surface area contributed by atoms with E-state index in [9.17, 15) is 4.39 Å². The fraction of sp³-hybridized carbons (Fsp3) is 0.600. The van der Waals surface area contributed by atoms with Crippen LogP contribution in [0.1, 0.15) is 38.3 Å². The second-order valence-corrected chi connectivity index (χ2v) is 4.89. The van der Waals surface area contributed by atoms with Gasteiger partial charge in [-0.15, -0.1) is 0 Å². The van der Waals surface area contributed by atoms with Gasteiger partial charge in [-0.25, -0.2) is 4.39 Å². The Kier molecular flexibility index (Phi) is 5.16. The molecule has 4 heteroatoms. The first-order valence-electron chi connectivity index (χ1n) is 6.98. The third kappa shape index (κ3) is 3.91. The minimum Gasteiger partial charge on any atom is -0.491 e. The van der Waals surface area contributed by atoms with E-state index in [1.165, 1.54) is 6.07 Å². The summed E-state index contributed by atoms with van der Waals surface area (Å²) in [6.07, 6.45) is 2.55. The van der Waals surface area contributed by atoms with Crippen molar-refractivity contribution in [2.24, 2.45) is 0 Å². The molecular formula is C15H22FNO2. The molecule has 1 aliphatic rings. The molecule has 0 bridgehead atoms. The number of rotatable bonds is 6. The first-order valence-corrected chi connectivity index (χ1v) is 6.98. The molecule has 1 saturated heterocycles. The van der Waals surface area contributed by atoms with Crippen LogP contribution >= 0.6 is 0 Å². The highest BCUT2D eigenvalue weighted by molar-refractivity contribution is 5.30. The Bertz CT molecular complexity index is 405. The van der Waals surface area contributed by atoms with Crippen molar-refractivity contribution in [1.82, 2.24) is 5.32 Å². The fourth-order valence-electron chi connectivity index (χ4n) is 2.29. The minimum absolute atomic E-state index is 0.106. The van der Waals surface area contributed by atoms with Crippen molar-refractivity contribution in [1.29, 1.82) is 0 Å². The van der Waals surface area contributed by atoms with Crippen LogP contribution in [0.15, 0.2) is 18.2 Å². The number of benzene rings is 1. The number of nitrogens with one attached hydrogen (secondary N) is 1. The van der Waals surface area contributed by atoms with E-state index in [4.69, 9.17) is 9.47 Å². The first-order chi connectivity index (χ1) is 9.20. The maximum atomic E-state index is 13.8. The van der Waals surface area contributed by atoms with Crippen LogP contribution < -0.4 is 10.1 Å². The van der Waals surface area contributed by atoms with E-state index in [2.05, 4.69) is 5.32 Å². The van der Waals surface area contributed by atoms with Crippen molar-refractivity contribution in [3.8, 4) is 5.75 Å². The fourth-order valence-corrected chi connectivity index (χ4v) is 2.29. The molecule has 2 atom stereocenters. The summed E-state index contributed by atoms with van der Waals surface area (Å²) in [6, 6.07) is 5.24. The molecule has 0 saturated carbocycles. The number of hydrogen-bond donors (Lipinski definition) is 1. The maximum absolute atomic E-state index is 13.8. The summed E-state index contributed by atoms with van der Waals surface area (Å²) in [5.41, 5.74) is 0.930. The average Bonchev–Trinajstić information content (AvgIpc) is 2.91. The molecule has 19 heavy (non-hydrogen) atoms. The molecule has 1 aromatic rings. The molecule has 3 nitrogen and oxygen atoms in total. The van der Waals surface area contributed by atoms with E-state index in [1.54, 1.807) is 6.07 Å². The smallest absolute Gasteiger partial charge is 0.165 e. The zero-order chi connectivity index (χ0) is 13.7. The molecule has 0 radical (unpaired) electrons. The second kappa shape index (κ2) is 6.87. The Morgan fingerprint density at radius 3 is 3.00 bits per heavy atom. The lowest BCUT2D eigenvalue weighted by atomic mass is 10.1. The van der Waals surface area contributed by atoms with Gasteiger partial charge in [0.2, 0.25) is 0 Å². The van der Waals surface area contributed by atoms with Gasteiger partial charge < -0.3 is 14.8 Å². The standard InChI is InChI=1S/C15H22FNO2/c1-3-18-15-7-6-12(9-14(15)16)11(2)17-10-13-5-4-8-19-13/h6-7,9,11,13,17H,3-5,8,10H2,1-2H3/t11-,13-/m0/s1. The highest BCUT2D eigenvalue weighted by Crippen LogP contribution is 2.22. The van der Waals surface area contributed by atoms with Crippen molar-refractivity contribution >= 4 is 0 Å². The van der Waals surface area contributed by atoms with Crippen LogP contribution in [0.3, 0.4) is 0 Å². The van der Waals surface area contributed by atoms with Gasteiger partial charge in [0.15, 0.2) is 11.6 Å². The van der Waals surface area contributed by atoms with Crippen LogP contribution in [0.25, 0.3) is 0 Å². The molecule has 0 unspecified atom stereocenters. The summed E-state index contributed by atoms with van der Waals surface area (Å²) in [5, 5.41) is 3.39. The first kappa shape index (κ1) is 14.3. The Hall–Kier alpha value is -1.13. The summed E-state index contributed by atoms with van der Waals surface area (Å²) in [4.78, 5) is 0. The Labute approximate surface area is 114 Å². The van der Waals surface area contributed by atoms with Crippen molar-refractivity contribution in [2.45, 2.75) is 38.8 Å². The van der Waals surface area contributed by atoms with E-state index in [-0.39, 0.29) is 11.9 Å². The highest BCUT2D eigenvalue weighted by Gasteiger charge is 2.17. The van der Waals surface area contributed by atoms with Crippen LogP contribution in [-0.4, -0.2) is 25.9 Å². The van der Waals surface area contributed by atoms with E-state index < -0.39 is 0 Å². The minimum atomic E-state index is -0.301. The van der Waals surface area contributed by atoms with Gasteiger partial charge in [0.05, 0.1) is 12.7 Å². The predicted molar refractivity (Wildman–Crippen MR) is 73.0 cm³/mol. The van der Waals surface area contributed by atoms with Crippen LogP contribution in [0, 0.1) is 5.82 Å². The van der Waals surface area contributed by atoms with E-state index in [0.717, 1.165) is 31.6 Å².